The zero-order valence-corrected chi connectivity index (χ0v) is 12.6. The molecule has 0 aliphatic carbocycles. The highest BCUT2D eigenvalue weighted by molar-refractivity contribution is 7.09. The maximum atomic E-state index is 13.6. The number of nitrogens with one attached hydrogen (secondary N) is 1. The highest BCUT2D eigenvalue weighted by atomic mass is 35.5. The number of rotatable bonds is 4. The monoisotopic (exact) mass is 298 g/mol. The first-order valence-electron chi connectivity index (χ1n) is 6.10. The molecule has 1 atom stereocenters. The highest BCUT2D eigenvalue weighted by Gasteiger charge is 2.19. The van der Waals surface area contributed by atoms with Gasteiger partial charge in [0.1, 0.15) is 10.8 Å². The maximum absolute atomic E-state index is 13.6. The quantitative estimate of drug-likeness (QED) is 0.908. The molecule has 0 radical (unpaired) electrons. The van der Waals surface area contributed by atoms with Crippen LogP contribution in [0, 0.1) is 12.7 Å². The normalized spacial score (nSPS) is 12.9. The van der Waals surface area contributed by atoms with Crippen LogP contribution in [0.2, 0.25) is 5.02 Å². The van der Waals surface area contributed by atoms with Gasteiger partial charge in [-0.1, -0.05) is 17.7 Å². The summed E-state index contributed by atoms with van der Waals surface area (Å²) in [7, 11) is 0. The molecule has 0 fully saturated rings. The van der Waals surface area contributed by atoms with Crippen molar-refractivity contribution in [1.29, 1.82) is 0 Å². The molecule has 2 rings (SSSR count). The minimum atomic E-state index is -0.400. The van der Waals surface area contributed by atoms with Gasteiger partial charge in [0, 0.05) is 17.1 Å². The van der Waals surface area contributed by atoms with E-state index in [1.165, 1.54) is 6.07 Å². The third kappa shape index (κ3) is 3.53. The molecule has 0 amide bonds. The third-order valence-corrected chi connectivity index (χ3v) is 3.99. The van der Waals surface area contributed by atoms with Gasteiger partial charge in [-0.2, -0.15) is 0 Å². The van der Waals surface area contributed by atoms with Crippen LogP contribution in [-0.2, 0) is 0 Å². The van der Waals surface area contributed by atoms with Crippen molar-refractivity contribution in [3.8, 4) is 0 Å². The SMILES string of the molecule is Cc1csc(C(NC(C)C)c2ccc(Cl)c(F)c2)n1. The van der Waals surface area contributed by atoms with Gasteiger partial charge in [-0.25, -0.2) is 9.37 Å². The molecule has 0 saturated carbocycles. The van der Waals surface area contributed by atoms with Crippen LogP contribution in [0.1, 0.15) is 36.2 Å². The van der Waals surface area contributed by atoms with Crippen LogP contribution < -0.4 is 5.32 Å². The summed E-state index contributed by atoms with van der Waals surface area (Å²) < 4.78 is 13.6. The Labute approximate surface area is 121 Å². The van der Waals surface area contributed by atoms with Crippen molar-refractivity contribution in [2.45, 2.75) is 32.9 Å². The van der Waals surface area contributed by atoms with Crippen molar-refractivity contribution in [2.75, 3.05) is 0 Å². The highest BCUT2D eigenvalue weighted by Crippen LogP contribution is 2.28. The standard InChI is InChI=1S/C14H16ClFN2S/c1-8(2)17-13(14-18-9(3)7-19-14)10-4-5-11(15)12(16)6-10/h4-8,13,17H,1-3H3. The Morgan fingerprint density at radius 3 is 2.63 bits per heavy atom. The van der Waals surface area contributed by atoms with E-state index in [2.05, 4.69) is 24.1 Å². The molecule has 1 unspecified atom stereocenters. The second-order valence-electron chi connectivity index (χ2n) is 4.76. The Hall–Kier alpha value is -0.970. The number of benzene rings is 1. The van der Waals surface area contributed by atoms with Crippen LogP contribution >= 0.6 is 22.9 Å². The van der Waals surface area contributed by atoms with Crippen LogP contribution in [-0.4, -0.2) is 11.0 Å². The van der Waals surface area contributed by atoms with Gasteiger partial charge >= 0.3 is 0 Å². The van der Waals surface area contributed by atoms with Crippen LogP contribution in [0.5, 0.6) is 0 Å². The van der Waals surface area contributed by atoms with E-state index in [-0.39, 0.29) is 17.1 Å². The van der Waals surface area contributed by atoms with Gasteiger partial charge in [0.05, 0.1) is 11.1 Å². The molecule has 0 aliphatic rings. The lowest BCUT2D eigenvalue weighted by Gasteiger charge is -2.20. The first-order valence-corrected chi connectivity index (χ1v) is 7.36. The molecule has 1 heterocycles. The summed E-state index contributed by atoms with van der Waals surface area (Å²) >= 11 is 7.31. The molecule has 0 aliphatic heterocycles. The second kappa shape index (κ2) is 5.99. The Morgan fingerprint density at radius 1 is 1.37 bits per heavy atom. The fourth-order valence-electron chi connectivity index (χ4n) is 1.84. The smallest absolute Gasteiger partial charge is 0.142 e. The molecule has 2 nitrogen and oxygen atoms in total. The molecule has 1 aromatic carbocycles. The van der Waals surface area contributed by atoms with Crippen molar-refractivity contribution >= 4 is 22.9 Å². The summed E-state index contributed by atoms with van der Waals surface area (Å²) in [6.07, 6.45) is 0. The van der Waals surface area contributed by atoms with Gasteiger partial charge in [-0.15, -0.1) is 11.3 Å². The minimum absolute atomic E-state index is 0.106. The summed E-state index contributed by atoms with van der Waals surface area (Å²) in [6, 6.07) is 5.06. The number of aromatic nitrogens is 1. The first-order chi connectivity index (χ1) is 8.97. The molecule has 0 spiro atoms. The van der Waals surface area contributed by atoms with Crippen LogP contribution in [0.15, 0.2) is 23.6 Å². The van der Waals surface area contributed by atoms with Crippen molar-refractivity contribution in [1.82, 2.24) is 10.3 Å². The molecule has 19 heavy (non-hydrogen) atoms. The number of nitrogens with zero attached hydrogens (tertiary/aromatic N) is 1. The Morgan fingerprint density at radius 2 is 2.11 bits per heavy atom. The van der Waals surface area contributed by atoms with E-state index in [0.717, 1.165) is 16.3 Å². The van der Waals surface area contributed by atoms with Gasteiger partial charge < -0.3 is 5.32 Å². The van der Waals surface area contributed by atoms with Crippen LogP contribution in [0.4, 0.5) is 4.39 Å². The lowest BCUT2D eigenvalue weighted by molar-refractivity contribution is 0.523. The van der Waals surface area contributed by atoms with Gasteiger partial charge in [-0.05, 0) is 38.5 Å². The summed E-state index contributed by atoms with van der Waals surface area (Å²) in [5.74, 6) is -0.400. The molecule has 5 heteroatoms. The zero-order valence-electron chi connectivity index (χ0n) is 11.1. The fourth-order valence-corrected chi connectivity index (χ4v) is 2.84. The summed E-state index contributed by atoms with van der Waals surface area (Å²) in [5.41, 5.74) is 1.81. The average molecular weight is 299 g/mol. The summed E-state index contributed by atoms with van der Waals surface area (Å²) in [5, 5.41) is 6.49. The fraction of sp³-hybridized carbons (Fsp3) is 0.357. The van der Waals surface area contributed by atoms with Crippen molar-refractivity contribution in [2.24, 2.45) is 0 Å². The van der Waals surface area contributed by atoms with Crippen molar-refractivity contribution in [3.05, 3.63) is 50.7 Å². The summed E-state index contributed by atoms with van der Waals surface area (Å²) in [6.45, 7) is 6.06. The predicted molar refractivity (Wildman–Crippen MR) is 78.4 cm³/mol. The van der Waals surface area contributed by atoms with Gasteiger partial charge in [0.2, 0.25) is 0 Å². The van der Waals surface area contributed by atoms with E-state index in [4.69, 9.17) is 11.6 Å². The van der Waals surface area contributed by atoms with Gasteiger partial charge in [0.15, 0.2) is 0 Å². The number of thiazole rings is 1. The molecule has 2 aromatic rings. The number of aryl methyl sites for hydroxylation is 1. The van der Waals surface area contributed by atoms with Crippen LogP contribution in [0.25, 0.3) is 0 Å². The number of halogens is 2. The molecular weight excluding hydrogens is 283 g/mol. The van der Waals surface area contributed by atoms with Gasteiger partial charge in [-0.3, -0.25) is 0 Å². The Bertz CT molecular complexity index is 568. The maximum Gasteiger partial charge on any atom is 0.142 e. The lowest BCUT2D eigenvalue weighted by atomic mass is 10.1. The van der Waals surface area contributed by atoms with E-state index in [0.29, 0.717) is 0 Å². The average Bonchev–Trinajstić information content (AvgIpc) is 2.76. The van der Waals surface area contributed by atoms with Crippen LogP contribution in [0.3, 0.4) is 0 Å². The predicted octanol–water partition coefficient (Wildman–Crippen LogP) is 4.33. The molecular formula is C14H16ClFN2S. The number of hydrogen-bond acceptors (Lipinski definition) is 3. The van der Waals surface area contributed by atoms with E-state index in [1.54, 1.807) is 17.4 Å². The second-order valence-corrected chi connectivity index (χ2v) is 6.05. The third-order valence-electron chi connectivity index (χ3n) is 2.66. The molecule has 0 bridgehead atoms. The molecule has 1 N–H and O–H groups in total. The summed E-state index contributed by atoms with van der Waals surface area (Å²) in [4.78, 5) is 4.49. The van der Waals surface area contributed by atoms with E-state index in [1.807, 2.05) is 18.4 Å². The molecule has 102 valence electrons. The molecule has 1 aromatic heterocycles. The topological polar surface area (TPSA) is 24.9 Å². The van der Waals surface area contributed by atoms with Crippen molar-refractivity contribution < 1.29 is 4.39 Å². The lowest BCUT2D eigenvalue weighted by Crippen LogP contribution is -2.29. The zero-order chi connectivity index (χ0) is 14.0. The Kier molecular flexibility index (Phi) is 4.55. The molecule has 0 saturated heterocycles. The Balaban J connectivity index is 2.39. The number of hydrogen-bond donors (Lipinski definition) is 1. The minimum Gasteiger partial charge on any atom is -0.302 e. The largest absolute Gasteiger partial charge is 0.302 e. The van der Waals surface area contributed by atoms with Gasteiger partial charge in [0.25, 0.3) is 0 Å². The van der Waals surface area contributed by atoms with Crippen molar-refractivity contribution in [3.63, 3.8) is 0 Å². The van der Waals surface area contributed by atoms with E-state index < -0.39 is 5.82 Å². The first kappa shape index (κ1) is 14.4. The van der Waals surface area contributed by atoms with E-state index in [9.17, 15) is 4.39 Å². The van der Waals surface area contributed by atoms with E-state index >= 15 is 0 Å².